The van der Waals surface area contributed by atoms with E-state index in [-0.39, 0.29) is 11.8 Å². The molecule has 1 aromatic heterocycles. The van der Waals surface area contributed by atoms with E-state index in [0.29, 0.717) is 6.54 Å². The normalized spacial score (nSPS) is 16.0. The lowest BCUT2D eigenvalue weighted by atomic mass is 9.81. The summed E-state index contributed by atoms with van der Waals surface area (Å²) < 4.78 is 2.25. The Kier molecular flexibility index (Phi) is 5.89. The summed E-state index contributed by atoms with van der Waals surface area (Å²) >= 11 is 0. The third-order valence-corrected chi connectivity index (χ3v) is 7.13. The first kappa shape index (κ1) is 22.9. The van der Waals surface area contributed by atoms with Gasteiger partial charge in [0.25, 0.3) is 0 Å². The first-order valence-corrected chi connectivity index (χ1v) is 12.2. The maximum absolute atomic E-state index is 11.5. The van der Waals surface area contributed by atoms with Crippen molar-refractivity contribution in [2.24, 2.45) is 0 Å². The van der Waals surface area contributed by atoms with E-state index in [1.807, 2.05) is 0 Å². The molecule has 3 aromatic carbocycles. The molecular formula is C31H31N2O2+. The SMILES string of the molecule is CC[n+]1ccc(C=CC=C2N(CCC(=O)O)c3ccc4ccccc4c3C2(C)C)c2ccccc21. The fraction of sp³-hybridized carbons (Fsp3) is 0.226. The lowest BCUT2D eigenvalue weighted by Crippen LogP contribution is -2.32. The second-order valence-electron chi connectivity index (χ2n) is 9.59. The molecular weight excluding hydrogens is 432 g/mol. The molecule has 4 heteroatoms. The predicted molar refractivity (Wildman–Crippen MR) is 144 cm³/mol. The van der Waals surface area contributed by atoms with Crippen molar-refractivity contribution in [3.63, 3.8) is 0 Å². The average molecular weight is 464 g/mol. The highest BCUT2D eigenvalue weighted by Crippen LogP contribution is 2.50. The van der Waals surface area contributed by atoms with Crippen molar-refractivity contribution in [1.82, 2.24) is 0 Å². The van der Waals surface area contributed by atoms with Crippen molar-refractivity contribution < 1.29 is 14.5 Å². The Labute approximate surface area is 206 Å². The fourth-order valence-corrected chi connectivity index (χ4v) is 5.46. The number of carboxylic acids is 1. The van der Waals surface area contributed by atoms with Crippen molar-refractivity contribution in [1.29, 1.82) is 0 Å². The highest BCUT2D eigenvalue weighted by atomic mass is 16.4. The molecule has 176 valence electrons. The summed E-state index contributed by atoms with van der Waals surface area (Å²) in [5.41, 5.74) is 5.60. The van der Waals surface area contributed by atoms with Crippen LogP contribution >= 0.6 is 0 Å². The summed E-state index contributed by atoms with van der Waals surface area (Å²) in [6.07, 6.45) is 8.64. The van der Waals surface area contributed by atoms with Gasteiger partial charge in [0.2, 0.25) is 5.52 Å². The van der Waals surface area contributed by atoms with E-state index in [9.17, 15) is 9.90 Å². The van der Waals surface area contributed by atoms with Gasteiger partial charge < -0.3 is 10.0 Å². The standard InChI is InChI=1S/C31H30N2O2/c1-4-32-20-18-23(24-12-7-8-14-26(24)32)11-9-15-28-31(2,3)30-25-13-6-5-10-22(25)16-17-27(30)33(28)21-19-29(34)35/h5-18,20H,4,19,21H2,1-3H3/p+1. The molecule has 35 heavy (non-hydrogen) atoms. The first-order chi connectivity index (χ1) is 16.9. The van der Waals surface area contributed by atoms with Gasteiger partial charge >= 0.3 is 5.97 Å². The van der Waals surface area contributed by atoms with Crippen LogP contribution in [0.15, 0.2) is 90.8 Å². The molecule has 0 aliphatic carbocycles. The van der Waals surface area contributed by atoms with E-state index in [1.165, 1.54) is 27.2 Å². The summed E-state index contributed by atoms with van der Waals surface area (Å²) in [4.78, 5) is 13.7. The molecule has 0 fully saturated rings. The molecule has 5 rings (SSSR count). The largest absolute Gasteiger partial charge is 0.481 e. The zero-order valence-corrected chi connectivity index (χ0v) is 20.5. The second-order valence-corrected chi connectivity index (χ2v) is 9.59. The molecule has 0 radical (unpaired) electrons. The van der Waals surface area contributed by atoms with E-state index in [1.54, 1.807) is 0 Å². The van der Waals surface area contributed by atoms with Crippen LogP contribution < -0.4 is 9.47 Å². The lowest BCUT2D eigenvalue weighted by Gasteiger charge is -2.26. The molecule has 0 amide bonds. The van der Waals surface area contributed by atoms with Gasteiger partial charge in [0, 0.05) is 35.5 Å². The Balaban J connectivity index is 1.60. The molecule has 0 unspecified atom stereocenters. The monoisotopic (exact) mass is 463 g/mol. The maximum atomic E-state index is 11.5. The number of aryl methyl sites for hydroxylation is 1. The molecule has 1 aliphatic rings. The number of anilines is 1. The van der Waals surface area contributed by atoms with Crippen LogP contribution in [0.1, 0.15) is 38.3 Å². The number of para-hydroxylation sites is 1. The summed E-state index contributed by atoms with van der Waals surface area (Å²) in [5, 5.41) is 13.1. The van der Waals surface area contributed by atoms with Crippen LogP contribution in [-0.4, -0.2) is 17.6 Å². The number of carboxylic acid groups (broad SMARTS) is 1. The number of carbonyl (C=O) groups is 1. The van der Waals surface area contributed by atoms with Gasteiger partial charge in [0.1, 0.15) is 6.54 Å². The summed E-state index contributed by atoms with van der Waals surface area (Å²) in [7, 11) is 0. The highest BCUT2D eigenvalue weighted by Gasteiger charge is 2.41. The topological polar surface area (TPSA) is 44.4 Å². The third-order valence-electron chi connectivity index (χ3n) is 7.13. The van der Waals surface area contributed by atoms with Crippen molar-refractivity contribution in [2.75, 3.05) is 11.4 Å². The van der Waals surface area contributed by atoms with E-state index >= 15 is 0 Å². The quantitative estimate of drug-likeness (QED) is 0.333. The molecule has 1 aliphatic heterocycles. The summed E-state index contributed by atoms with van der Waals surface area (Å²) in [6, 6.07) is 23.3. The molecule has 0 atom stereocenters. The van der Waals surface area contributed by atoms with Gasteiger partial charge in [-0.2, -0.15) is 4.57 Å². The van der Waals surface area contributed by atoms with Gasteiger partial charge in [0.05, 0.1) is 11.8 Å². The smallest absolute Gasteiger partial charge is 0.305 e. The summed E-state index contributed by atoms with van der Waals surface area (Å²) in [5.74, 6) is -0.785. The van der Waals surface area contributed by atoms with E-state index in [4.69, 9.17) is 0 Å². The van der Waals surface area contributed by atoms with Gasteiger partial charge in [0.15, 0.2) is 6.20 Å². The van der Waals surface area contributed by atoms with Crippen LogP contribution in [0.4, 0.5) is 5.69 Å². The average Bonchev–Trinajstić information content (AvgIpc) is 3.08. The van der Waals surface area contributed by atoms with Crippen molar-refractivity contribution in [3.8, 4) is 0 Å². The molecule has 0 saturated heterocycles. The number of pyridine rings is 1. The van der Waals surface area contributed by atoms with Gasteiger partial charge in [-0.15, -0.1) is 0 Å². The Morgan fingerprint density at radius 1 is 1.00 bits per heavy atom. The van der Waals surface area contributed by atoms with E-state index in [2.05, 4.69) is 121 Å². The van der Waals surface area contributed by atoms with Crippen LogP contribution in [0, 0.1) is 0 Å². The third kappa shape index (κ3) is 3.99. The van der Waals surface area contributed by atoms with Crippen molar-refractivity contribution >= 4 is 39.4 Å². The van der Waals surface area contributed by atoms with Gasteiger partial charge in [-0.3, -0.25) is 4.79 Å². The van der Waals surface area contributed by atoms with Gasteiger partial charge in [-0.05, 0) is 47.0 Å². The Hall–Kier alpha value is -3.92. The van der Waals surface area contributed by atoms with Crippen LogP contribution in [-0.2, 0) is 16.8 Å². The number of rotatable bonds is 6. The molecule has 0 bridgehead atoms. The first-order valence-electron chi connectivity index (χ1n) is 12.2. The maximum Gasteiger partial charge on any atom is 0.305 e. The van der Waals surface area contributed by atoms with Crippen molar-refractivity contribution in [2.45, 2.75) is 39.2 Å². The molecule has 2 heterocycles. The number of aliphatic carboxylic acids is 1. The number of benzene rings is 3. The number of nitrogens with zero attached hydrogens (tertiary/aromatic N) is 2. The Morgan fingerprint density at radius 2 is 1.74 bits per heavy atom. The number of hydrogen-bond donors (Lipinski definition) is 1. The number of aromatic nitrogens is 1. The Bertz CT molecular complexity index is 1500. The second kappa shape index (κ2) is 9.03. The van der Waals surface area contributed by atoms with Crippen LogP contribution in [0.25, 0.3) is 27.8 Å². The van der Waals surface area contributed by atoms with E-state index in [0.717, 1.165) is 23.5 Å². The zero-order chi connectivity index (χ0) is 24.6. The predicted octanol–water partition coefficient (Wildman–Crippen LogP) is 6.47. The van der Waals surface area contributed by atoms with Crippen LogP contribution in [0.5, 0.6) is 0 Å². The van der Waals surface area contributed by atoms with Gasteiger partial charge in [-0.1, -0.05) is 68.5 Å². The van der Waals surface area contributed by atoms with E-state index < -0.39 is 5.97 Å². The minimum Gasteiger partial charge on any atom is -0.481 e. The molecule has 0 saturated carbocycles. The molecule has 4 nitrogen and oxygen atoms in total. The van der Waals surface area contributed by atoms with Crippen molar-refractivity contribution in [3.05, 3.63) is 102 Å². The zero-order valence-electron chi connectivity index (χ0n) is 20.5. The number of hydrogen-bond acceptors (Lipinski definition) is 2. The Morgan fingerprint density at radius 3 is 2.51 bits per heavy atom. The summed E-state index contributed by atoms with van der Waals surface area (Å²) in [6.45, 7) is 7.99. The fourth-order valence-electron chi connectivity index (χ4n) is 5.46. The van der Waals surface area contributed by atoms with Gasteiger partial charge in [-0.25, -0.2) is 0 Å². The minimum atomic E-state index is -0.785. The molecule has 0 spiro atoms. The minimum absolute atomic E-state index is 0.0870. The van der Waals surface area contributed by atoms with Crippen LogP contribution in [0.3, 0.4) is 0 Å². The van der Waals surface area contributed by atoms with Crippen LogP contribution in [0.2, 0.25) is 0 Å². The lowest BCUT2D eigenvalue weighted by molar-refractivity contribution is -0.667. The molecule has 4 aromatic rings. The molecule has 1 N–H and O–H groups in total. The highest BCUT2D eigenvalue weighted by molar-refractivity contribution is 5.95. The number of fused-ring (bicyclic) bond motifs is 4. The number of allylic oxidation sites excluding steroid dienone is 3.